The smallest absolute Gasteiger partial charge is 0.284 e. The summed E-state index contributed by atoms with van der Waals surface area (Å²) < 4.78 is 29.9. The molecule has 1 aliphatic heterocycles. The molecule has 4 rings (SSSR count). The number of rotatable bonds is 5. The molecule has 170 valence electrons. The van der Waals surface area contributed by atoms with E-state index in [0.29, 0.717) is 17.9 Å². The van der Waals surface area contributed by atoms with E-state index in [2.05, 4.69) is 14.7 Å². The van der Waals surface area contributed by atoms with Gasteiger partial charge in [0.15, 0.2) is 0 Å². The summed E-state index contributed by atoms with van der Waals surface area (Å²) >= 11 is 0. The van der Waals surface area contributed by atoms with Crippen LogP contribution in [-0.2, 0) is 14.8 Å². The average Bonchev–Trinajstić information content (AvgIpc) is 3.01. The van der Waals surface area contributed by atoms with Gasteiger partial charge >= 0.3 is 0 Å². The number of nitrogens with zero attached hydrogens (tertiary/aromatic N) is 3. The molecule has 1 saturated heterocycles. The number of sulfonamides is 1. The van der Waals surface area contributed by atoms with Gasteiger partial charge in [0.05, 0.1) is 10.4 Å². The number of fused-ring (bicyclic) bond motifs is 1. The Morgan fingerprint density at radius 2 is 1.91 bits per heavy atom. The number of amides is 1. The van der Waals surface area contributed by atoms with Crippen molar-refractivity contribution in [3.05, 3.63) is 72.4 Å². The molecule has 1 aromatic heterocycles. The number of amidine groups is 1. The molecule has 0 unspecified atom stereocenters. The maximum Gasteiger partial charge on any atom is 0.284 e. The SMILES string of the molecule is CN1CCCCC/C1=N/S(=O)(=O)c1cccc(NC(=O)/C=C/c2cccc3cccnc23)c1. The standard InChI is InChI=1S/C25H26N4O3S/c1-29-17-4-2-3-13-23(29)28-33(31,32)22-12-6-11-21(18-22)27-24(30)15-14-20-9-5-8-19-10-7-16-26-25(19)20/h5-12,14-16,18H,2-4,13,17H2,1H3,(H,27,30)/b15-14+,28-23-. The Bertz CT molecular complexity index is 1330. The van der Waals surface area contributed by atoms with Crippen molar-refractivity contribution in [1.29, 1.82) is 0 Å². The monoisotopic (exact) mass is 462 g/mol. The van der Waals surface area contributed by atoms with Gasteiger partial charge in [-0.25, -0.2) is 0 Å². The molecular formula is C25H26N4O3S. The molecule has 1 N–H and O–H groups in total. The van der Waals surface area contributed by atoms with Gasteiger partial charge in [-0.15, -0.1) is 4.40 Å². The normalized spacial score (nSPS) is 16.3. The predicted octanol–water partition coefficient (Wildman–Crippen LogP) is 4.48. The van der Waals surface area contributed by atoms with E-state index in [1.165, 1.54) is 18.2 Å². The number of likely N-dealkylation sites (tertiary alicyclic amines) is 1. The van der Waals surface area contributed by atoms with Gasteiger partial charge in [0.1, 0.15) is 5.84 Å². The second-order valence-electron chi connectivity index (χ2n) is 7.99. The quantitative estimate of drug-likeness (QED) is 0.565. The lowest BCUT2D eigenvalue weighted by Gasteiger charge is -2.17. The number of pyridine rings is 1. The molecule has 0 bridgehead atoms. The van der Waals surface area contributed by atoms with Crippen molar-refractivity contribution < 1.29 is 13.2 Å². The number of anilines is 1. The van der Waals surface area contributed by atoms with Crippen LogP contribution in [0.2, 0.25) is 0 Å². The zero-order chi connectivity index (χ0) is 23.3. The summed E-state index contributed by atoms with van der Waals surface area (Å²) in [7, 11) is -2.01. The Hall–Kier alpha value is -3.52. The third-order valence-corrected chi connectivity index (χ3v) is 6.84. The molecule has 1 amide bonds. The molecule has 2 heterocycles. The van der Waals surface area contributed by atoms with Gasteiger partial charge in [0.25, 0.3) is 10.0 Å². The van der Waals surface area contributed by atoms with Crippen molar-refractivity contribution in [3.8, 4) is 0 Å². The lowest BCUT2D eigenvalue weighted by atomic mass is 10.1. The van der Waals surface area contributed by atoms with Crippen LogP contribution < -0.4 is 5.32 Å². The lowest BCUT2D eigenvalue weighted by molar-refractivity contribution is -0.111. The van der Waals surface area contributed by atoms with Crippen LogP contribution in [0.15, 0.2) is 76.2 Å². The number of para-hydroxylation sites is 1. The second-order valence-corrected chi connectivity index (χ2v) is 9.59. The van der Waals surface area contributed by atoms with Crippen LogP contribution in [0.4, 0.5) is 5.69 Å². The maximum absolute atomic E-state index is 12.9. The van der Waals surface area contributed by atoms with Crippen LogP contribution in [-0.4, -0.2) is 43.6 Å². The van der Waals surface area contributed by atoms with Crippen molar-refractivity contribution in [2.45, 2.75) is 30.6 Å². The van der Waals surface area contributed by atoms with Crippen LogP contribution in [0.25, 0.3) is 17.0 Å². The predicted molar refractivity (Wildman–Crippen MR) is 132 cm³/mol. The minimum absolute atomic E-state index is 0.0488. The largest absolute Gasteiger partial charge is 0.362 e. The Kier molecular flexibility index (Phi) is 6.84. The lowest BCUT2D eigenvalue weighted by Crippen LogP contribution is -2.26. The minimum atomic E-state index is -3.88. The fourth-order valence-corrected chi connectivity index (χ4v) is 4.92. The van der Waals surface area contributed by atoms with E-state index < -0.39 is 10.0 Å². The first-order valence-electron chi connectivity index (χ1n) is 10.9. The molecule has 7 nitrogen and oxygen atoms in total. The van der Waals surface area contributed by atoms with Crippen molar-refractivity contribution in [1.82, 2.24) is 9.88 Å². The molecule has 1 fully saturated rings. The molecule has 8 heteroatoms. The second kappa shape index (κ2) is 9.95. The molecule has 0 saturated carbocycles. The summed E-state index contributed by atoms with van der Waals surface area (Å²) in [4.78, 5) is 18.8. The zero-order valence-electron chi connectivity index (χ0n) is 18.4. The first-order chi connectivity index (χ1) is 15.9. The van der Waals surface area contributed by atoms with Crippen LogP contribution >= 0.6 is 0 Å². The third-order valence-electron chi connectivity index (χ3n) is 5.54. The van der Waals surface area contributed by atoms with E-state index in [-0.39, 0.29) is 10.8 Å². The van der Waals surface area contributed by atoms with Crippen molar-refractivity contribution in [2.75, 3.05) is 18.9 Å². The molecular weight excluding hydrogens is 436 g/mol. The number of carbonyl (C=O) groups is 1. The number of nitrogens with one attached hydrogen (secondary N) is 1. The van der Waals surface area contributed by atoms with Crippen molar-refractivity contribution in [3.63, 3.8) is 0 Å². The number of carbonyl (C=O) groups excluding carboxylic acids is 1. The van der Waals surface area contributed by atoms with Gasteiger partial charge in [-0.1, -0.05) is 36.8 Å². The van der Waals surface area contributed by atoms with E-state index in [4.69, 9.17) is 0 Å². The molecule has 33 heavy (non-hydrogen) atoms. The molecule has 3 aromatic rings. The highest BCUT2D eigenvalue weighted by Gasteiger charge is 2.18. The van der Waals surface area contributed by atoms with Crippen LogP contribution in [0, 0.1) is 0 Å². The first-order valence-corrected chi connectivity index (χ1v) is 12.3. The van der Waals surface area contributed by atoms with E-state index in [1.54, 1.807) is 24.4 Å². The summed E-state index contributed by atoms with van der Waals surface area (Å²) in [5, 5.41) is 3.71. The van der Waals surface area contributed by atoms with E-state index in [1.807, 2.05) is 42.3 Å². The van der Waals surface area contributed by atoms with Gasteiger partial charge in [-0.05, 0) is 43.2 Å². The van der Waals surface area contributed by atoms with Crippen LogP contribution in [0.3, 0.4) is 0 Å². The van der Waals surface area contributed by atoms with E-state index in [9.17, 15) is 13.2 Å². The summed E-state index contributed by atoms with van der Waals surface area (Å²) in [5.74, 6) is 0.209. The van der Waals surface area contributed by atoms with E-state index >= 15 is 0 Å². The maximum atomic E-state index is 12.9. The van der Waals surface area contributed by atoms with E-state index in [0.717, 1.165) is 42.3 Å². The van der Waals surface area contributed by atoms with Gasteiger partial charge < -0.3 is 10.2 Å². The Balaban J connectivity index is 1.50. The molecule has 1 aliphatic rings. The highest BCUT2D eigenvalue weighted by atomic mass is 32.2. The number of hydrogen-bond acceptors (Lipinski definition) is 4. The first kappa shape index (κ1) is 22.7. The topological polar surface area (TPSA) is 91.7 Å². The number of hydrogen-bond donors (Lipinski definition) is 1. The molecule has 0 radical (unpaired) electrons. The minimum Gasteiger partial charge on any atom is -0.362 e. The molecule has 0 atom stereocenters. The van der Waals surface area contributed by atoms with Gasteiger partial charge in [-0.2, -0.15) is 8.42 Å². The molecule has 0 aliphatic carbocycles. The van der Waals surface area contributed by atoms with Gasteiger partial charge in [-0.3, -0.25) is 9.78 Å². The highest BCUT2D eigenvalue weighted by Crippen LogP contribution is 2.21. The van der Waals surface area contributed by atoms with Gasteiger partial charge in [0, 0.05) is 48.9 Å². The van der Waals surface area contributed by atoms with Gasteiger partial charge in [0.2, 0.25) is 5.91 Å². The van der Waals surface area contributed by atoms with Crippen molar-refractivity contribution in [2.24, 2.45) is 4.40 Å². The average molecular weight is 463 g/mol. The fraction of sp³-hybridized carbons (Fsp3) is 0.240. The Morgan fingerprint density at radius 3 is 2.79 bits per heavy atom. The highest BCUT2D eigenvalue weighted by molar-refractivity contribution is 7.90. The van der Waals surface area contributed by atoms with Crippen LogP contribution in [0.1, 0.15) is 31.2 Å². The number of benzene rings is 2. The summed E-state index contributed by atoms with van der Waals surface area (Å²) in [6, 6.07) is 15.7. The van der Waals surface area contributed by atoms with Crippen molar-refractivity contribution >= 4 is 44.4 Å². The summed E-state index contributed by atoms with van der Waals surface area (Å²) in [6.07, 6.45) is 8.46. The van der Waals surface area contributed by atoms with Crippen LogP contribution in [0.5, 0.6) is 0 Å². The number of aromatic nitrogens is 1. The Morgan fingerprint density at radius 1 is 1.09 bits per heavy atom. The fourth-order valence-electron chi connectivity index (χ4n) is 3.78. The third kappa shape index (κ3) is 5.64. The zero-order valence-corrected chi connectivity index (χ0v) is 19.3. The Labute approximate surface area is 193 Å². The summed E-state index contributed by atoms with van der Waals surface area (Å²) in [6.45, 7) is 0.795. The molecule has 2 aromatic carbocycles. The summed E-state index contributed by atoms with van der Waals surface area (Å²) in [5.41, 5.74) is 2.01. The molecule has 0 spiro atoms.